The van der Waals surface area contributed by atoms with E-state index in [1.165, 1.54) is 18.1 Å². The van der Waals surface area contributed by atoms with Gasteiger partial charge in [0.25, 0.3) is 0 Å². The molecule has 7 heteroatoms. The van der Waals surface area contributed by atoms with Crippen molar-refractivity contribution >= 4 is 28.6 Å². The number of ether oxygens (including phenoxy) is 2. The third-order valence-corrected chi connectivity index (χ3v) is 3.84. The second kappa shape index (κ2) is 5.96. The normalized spacial score (nSPS) is 12.2. The highest BCUT2D eigenvalue weighted by molar-refractivity contribution is 8.00. The van der Waals surface area contributed by atoms with Gasteiger partial charge in [-0.1, -0.05) is 11.8 Å². The minimum absolute atomic E-state index is 0.555. The van der Waals surface area contributed by atoms with E-state index in [0.29, 0.717) is 22.0 Å². The molecule has 0 aliphatic heterocycles. The Kier molecular flexibility index (Phi) is 4.29. The maximum Gasteiger partial charge on any atom is 0.316 e. The average Bonchev–Trinajstić information content (AvgIpc) is 2.45. The summed E-state index contributed by atoms with van der Waals surface area (Å²) < 4.78 is 10.5. The van der Waals surface area contributed by atoms with Crippen LogP contribution >= 0.6 is 11.8 Å². The number of carboxylic acids is 1. The molecule has 1 aromatic carbocycles. The van der Waals surface area contributed by atoms with E-state index in [9.17, 15) is 4.79 Å². The summed E-state index contributed by atoms with van der Waals surface area (Å²) in [5.41, 5.74) is 0.678. The molecule has 0 spiro atoms. The second-order valence-electron chi connectivity index (χ2n) is 4.00. The SMILES string of the molecule is COc1cc2ncnc(SC(C)C(=O)O)c2cc1OC. The lowest BCUT2D eigenvalue weighted by molar-refractivity contribution is -0.136. The number of hydrogen-bond donors (Lipinski definition) is 1. The number of aliphatic carboxylic acids is 1. The highest BCUT2D eigenvalue weighted by Gasteiger charge is 2.17. The van der Waals surface area contributed by atoms with Gasteiger partial charge < -0.3 is 14.6 Å². The molecule has 20 heavy (non-hydrogen) atoms. The summed E-state index contributed by atoms with van der Waals surface area (Å²) in [5, 5.41) is 9.74. The van der Waals surface area contributed by atoms with E-state index in [-0.39, 0.29) is 0 Å². The number of fused-ring (bicyclic) bond motifs is 1. The van der Waals surface area contributed by atoms with Crippen LogP contribution in [0.2, 0.25) is 0 Å². The fraction of sp³-hybridized carbons (Fsp3) is 0.308. The Balaban J connectivity index is 2.53. The zero-order chi connectivity index (χ0) is 14.7. The molecule has 106 valence electrons. The molecule has 0 bridgehead atoms. The molecule has 0 aliphatic rings. The van der Waals surface area contributed by atoms with Gasteiger partial charge in [-0.2, -0.15) is 0 Å². The molecule has 0 fully saturated rings. The summed E-state index contributed by atoms with van der Waals surface area (Å²) >= 11 is 1.17. The van der Waals surface area contributed by atoms with Crippen molar-refractivity contribution in [3.63, 3.8) is 0 Å². The highest BCUT2D eigenvalue weighted by Crippen LogP contribution is 2.35. The average molecular weight is 294 g/mol. The number of aromatic nitrogens is 2. The van der Waals surface area contributed by atoms with Crippen molar-refractivity contribution in [2.75, 3.05) is 14.2 Å². The van der Waals surface area contributed by atoms with E-state index in [1.54, 1.807) is 33.3 Å². The van der Waals surface area contributed by atoms with Crippen LogP contribution in [0.1, 0.15) is 6.92 Å². The van der Waals surface area contributed by atoms with Crippen LogP contribution in [0.15, 0.2) is 23.5 Å². The van der Waals surface area contributed by atoms with Crippen molar-refractivity contribution in [1.82, 2.24) is 9.97 Å². The molecule has 0 amide bonds. The number of benzene rings is 1. The zero-order valence-electron chi connectivity index (χ0n) is 11.3. The highest BCUT2D eigenvalue weighted by atomic mass is 32.2. The van der Waals surface area contributed by atoms with E-state index >= 15 is 0 Å². The number of carboxylic acid groups (broad SMARTS) is 1. The lowest BCUT2D eigenvalue weighted by atomic mass is 10.2. The summed E-state index contributed by atoms with van der Waals surface area (Å²) in [6, 6.07) is 3.50. The Morgan fingerprint density at radius 3 is 2.50 bits per heavy atom. The van der Waals surface area contributed by atoms with Crippen LogP contribution < -0.4 is 9.47 Å². The topological polar surface area (TPSA) is 81.5 Å². The van der Waals surface area contributed by atoms with Gasteiger partial charge in [-0.3, -0.25) is 4.79 Å². The smallest absolute Gasteiger partial charge is 0.316 e. The van der Waals surface area contributed by atoms with Crippen LogP contribution in [0.25, 0.3) is 10.9 Å². The first kappa shape index (κ1) is 14.4. The summed E-state index contributed by atoms with van der Waals surface area (Å²) in [6.07, 6.45) is 1.41. The van der Waals surface area contributed by atoms with Crippen LogP contribution in [0.3, 0.4) is 0 Å². The van der Waals surface area contributed by atoms with E-state index in [2.05, 4.69) is 9.97 Å². The van der Waals surface area contributed by atoms with Crippen molar-refractivity contribution in [3.05, 3.63) is 18.5 Å². The maximum atomic E-state index is 11.0. The van der Waals surface area contributed by atoms with Crippen LogP contribution in [0.5, 0.6) is 11.5 Å². The standard InChI is InChI=1S/C13H14N2O4S/c1-7(13(16)17)20-12-8-4-10(18-2)11(19-3)5-9(8)14-6-15-12/h4-7H,1-3H3,(H,16,17). The van der Waals surface area contributed by atoms with Crippen molar-refractivity contribution in [1.29, 1.82) is 0 Å². The Bertz CT molecular complexity index is 648. The molecular formula is C13H14N2O4S. The molecule has 1 N–H and O–H groups in total. The maximum absolute atomic E-state index is 11.0. The van der Waals surface area contributed by atoms with Gasteiger partial charge in [-0.05, 0) is 13.0 Å². The van der Waals surface area contributed by atoms with E-state index in [4.69, 9.17) is 14.6 Å². The Labute approximate surface area is 120 Å². The number of methoxy groups -OCH3 is 2. The second-order valence-corrected chi connectivity index (χ2v) is 5.33. The molecule has 0 saturated carbocycles. The fourth-order valence-corrected chi connectivity index (χ4v) is 2.51. The summed E-state index contributed by atoms with van der Waals surface area (Å²) in [6.45, 7) is 1.61. The third kappa shape index (κ3) is 2.77. The lowest BCUT2D eigenvalue weighted by Gasteiger charge is -2.11. The van der Waals surface area contributed by atoms with Gasteiger partial charge in [0.15, 0.2) is 11.5 Å². The quantitative estimate of drug-likeness (QED) is 0.668. The van der Waals surface area contributed by atoms with Crippen LogP contribution in [-0.4, -0.2) is 40.5 Å². The van der Waals surface area contributed by atoms with Gasteiger partial charge in [0.2, 0.25) is 0 Å². The number of hydrogen-bond acceptors (Lipinski definition) is 6. The molecule has 2 rings (SSSR count). The van der Waals surface area contributed by atoms with Crippen LogP contribution in [0.4, 0.5) is 0 Å². The first-order chi connectivity index (χ1) is 9.56. The molecule has 0 aliphatic carbocycles. The minimum Gasteiger partial charge on any atom is -0.493 e. The van der Waals surface area contributed by atoms with Gasteiger partial charge in [0, 0.05) is 11.5 Å². The Hall–Kier alpha value is -2.02. The molecule has 1 heterocycles. The number of thioether (sulfide) groups is 1. The summed E-state index contributed by atoms with van der Waals surface area (Å²) in [5.74, 6) is 0.239. The molecular weight excluding hydrogens is 280 g/mol. The van der Waals surface area contributed by atoms with Gasteiger partial charge in [-0.25, -0.2) is 9.97 Å². The summed E-state index contributed by atoms with van der Waals surface area (Å²) in [4.78, 5) is 19.3. The predicted octanol–water partition coefficient (Wildman–Crippen LogP) is 2.21. The monoisotopic (exact) mass is 294 g/mol. The van der Waals surface area contributed by atoms with E-state index in [0.717, 1.165) is 5.39 Å². The van der Waals surface area contributed by atoms with Gasteiger partial charge in [0.05, 0.1) is 19.7 Å². The molecule has 2 aromatic rings. The Morgan fingerprint density at radius 1 is 1.25 bits per heavy atom. The largest absolute Gasteiger partial charge is 0.493 e. The first-order valence-electron chi connectivity index (χ1n) is 5.83. The molecule has 0 radical (unpaired) electrons. The molecule has 1 aromatic heterocycles. The number of nitrogens with zero attached hydrogens (tertiary/aromatic N) is 2. The Morgan fingerprint density at radius 2 is 1.90 bits per heavy atom. The van der Waals surface area contributed by atoms with E-state index in [1.807, 2.05) is 0 Å². The molecule has 1 unspecified atom stereocenters. The van der Waals surface area contributed by atoms with Crippen molar-refractivity contribution in [3.8, 4) is 11.5 Å². The minimum atomic E-state index is -0.887. The lowest BCUT2D eigenvalue weighted by Crippen LogP contribution is -2.11. The zero-order valence-corrected chi connectivity index (χ0v) is 12.1. The molecule has 1 atom stereocenters. The van der Waals surface area contributed by atoms with Crippen molar-refractivity contribution in [2.24, 2.45) is 0 Å². The van der Waals surface area contributed by atoms with Crippen LogP contribution in [-0.2, 0) is 4.79 Å². The van der Waals surface area contributed by atoms with Gasteiger partial charge in [-0.15, -0.1) is 0 Å². The first-order valence-corrected chi connectivity index (χ1v) is 6.71. The van der Waals surface area contributed by atoms with Crippen LogP contribution in [0, 0.1) is 0 Å². The molecule has 6 nitrogen and oxygen atoms in total. The molecule has 0 saturated heterocycles. The van der Waals surface area contributed by atoms with Crippen molar-refractivity contribution < 1.29 is 19.4 Å². The predicted molar refractivity (Wildman–Crippen MR) is 75.6 cm³/mol. The van der Waals surface area contributed by atoms with Gasteiger partial charge >= 0.3 is 5.97 Å². The van der Waals surface area contributed by atoms with Gasteiger partial charge in [0.1, 0.15) is 16.6 Å². The van der Waals surface area contributed by atoms with Crippen molar-refractivity contribution in [2.45, 2.75) is 17.2 Å². The third-order valence-electron chi connectivity index (χ3n) is 2.74. The van der Waals surface area contributed by atoms with E-state index < -0.39 is 11.2 Å². The fourth-order valence-electron chi connectivity index (χ4n) is 1.67. The number of rotatable bonds is 5. The summed E-state index contributed by atoms with van der Waals surface area (Å²) in [7, 11) is 3.09. The number of carbonyl (C=O) groups is 1.